The second-order valence-electron chi connectivity index (χ2n) is 10.9. The van der Waals surface area contributed by atoms with Gasteiger partial charge < -0.3 is 25.0 Å². The van der Waals surface area contributed by atoms with Crippen molar-refractivity contribution in [2.75, 3.05) is 0 Å². The largest absolute Gasteiger partial charge is 0.489 e. The number of ether oxygens (including phenoxy) is 1. The molecule has 1 unspecified atom stereocenters. The fraction of sp³-hybridized carbons (Fsp3) is 0.258. The van der Waals surface area contributed by atoms with E-state index in [1.807, 2.05) is 0 Å². The lowest BCUT2D eigenvalue weighted by molar-refractivity contribution is -0.138. The van der Waals surface area contributed by atoms with Crippen LogP contribution in [0.4, 0.5) is 13.2 Å². The maximum atomic E-state index is 13.7. The zero-order valence-electron chi connectivity index (χ0n) is 23.5. The highest BCUT2D eigenvalue weighted by atomic mass is 35.5. The molecule has 2 amide bonds. The number of fused-ring (bicyclic) bond motifs is 1. The molecule has 226 valence electrons. The average molecular weight is 616 g/mol. The number of halogens is 4. The number of hydrogen-bond acceptors (Lipinski definition) is 4. The lowest BCUT2D eigenvalue weighted by Gasteiger charge is -2.31. The van der Waals surface area contributed by atoms with E-state index in [0.717, 1.165) is 6.07 Å². The first-order valence-corrected chi connectivity index (χ1v) is 13.5. The molecule has 0 fully saturated rings. The van der Waals surface area contributed by atoms with Crippen molar-refractivity contribution < 1.29 is 37.4 Å². The molecule has 4 rings (SSSR count). The number of carbonyl (C=O) groups is 3. The molecule has 1 atom stereocenters. The maximum absolute atomic E-state index is 13.7. The molecule has 0 saturated heterocycles. The van der Waals surface area contributed by atoms with Gasteiger partial charge in [-0.1, -0.05) is 48.0 Å². The first-order chi connectivity index (χ1) is 20.2. The van der Waals surface area contributed by atoms with Gasteiger partial charge in [0.15, 0.2) is 0 Å². The van der Waals surface area contributed by atoms with Crippen molar-refractivity contribution in [2.24, 2.45) is 0 Å². The first kappa shape index (κ1) is 31.4. The van der Waals surface area contributed by atoms with Crippen molar-refractivity contribution in [1.82, 2.24) is 15.2 Å². The Bertz CT molecular complexity index is 1650. The molecule has 0 spiro atoms. The average Bonchev–Trinajstić information content (AvgIpc) is 3.29. The summed E-state index contributed by atoms with van der Waals surface area (Å²) in [7, 11) is 0. The van der Waals surface area contributed by atoms with Crippen LogP contribution in [-0.2, 0) is 28.9 Å². The molecule has 0 bridgehead atoms. The molecule has 0 aliphatic heterocycles. The molecule has 0 aliphatic carbocycles. The maximum Gasteiger partial charge on any atom is 0.416 e. The van der Waals surface area contributed by atoms with E-state index in [4.69, 9.17) is 16.3 Å². The van der Waals surface area contributed by atoms with Crippen molar-refractivity contribution in [3.8, 4) is 5.75 Å². The number of nitrogens with zero attached hydrogens (tertiary/aromatic N) is 1. The number of amides is 2. The first-order valence-electron chi connectivity index (χ1n) is 13.1. The highest BCUT2D eigenvalue weighted by molar-refractivity contribution is 6.31. The number of alkyl halides is 3. The van der Waals surface area contributed by atoms with Gasteiger partial charge in [-0.3, -0.25) is 9.59 Å². The van der Waals surface area contributed by atoms with E-state index in [2.05, 4.69) is 10.3 Å². The van der Waals surface area contributed by atoms with Gasteiger partial charge in [0, 0.05) is 39.1 Å². The Morgan fingerprint density at radius 1 is 1.07 bits per heavy atom. The van der Waals surface area contributed by atoms with Crippen LogP contribution in [0.1, 0.15) is 59.6 Å². The number of hydrogen-bond donors (Lipinski definition) is 3. The van der Waals surface area contributed by atoms with Crippen LogP contribution in [-0.4, -0.2) is 38.8 Å². The molecule has 4 aromatic rings. The summed E-state index contributed by atoms with van der Waals surface area (Å²) < 4.78 is 45.5. The second kappa shape index (κ2) is 12.4. The van der Waals surface area contributed by atoms with Gasteiger partial charge in [0.2, 0.25) is 12.3 Å². The van der Waals surface area contributed by atoms with E-state index in [-0.39, 0.29) is 30.0 Å². The van der Waals surface area contributed by atoms with E-state index in [1.54, 1.807) is 45.0 Å². The third kappa shape index (κ3) is 7.47. The number of carboxylic acid groups (broad SMARTS) is 1. The summed E-state index contributed by atoms with van der Waals surface area (Å²) in [6.45, 7) is 4.86. The summed E-state index contributed by atoms with van der Waals surface area (Å²) in [5, 5.41) is 13.6. The van der Waals surface area contributed by atoms with Crippen LogP contribution < -0.4 is 10.1 Å². The lowest BCUT2D eigenvalue weighted by Crippen LogP contribution is -2.47. The monoisotopic (exact) mass is 615 g/mol. The van der Waals surface area contributed by atoms with Crippen LogP contribution in [0, 0.1) is 0 Å². The summed E-state index contributed by atoms with van der Waals surface area (Å²) in [4.78, 5) is 42.4. The normalized spacial score (nSPS) is 12.5. The predicted octanol–water partition coefficient (Wildman–Crippen LogP) is 6.73. The third-order valence-corrected chi connectivity index (χ3v) is 6.74. The van der Waals surface area contributed by atoms with Gasteiger partial charge in [0.25, 0.3) is 0 Å². The molecule has 43 heavy (non-hydrogen) atoms. The number of nitrogens with one attached hydrogen (secondary N) is 2. The third-order valence-electron chi connectivity index (χ3n) is 6.51. The second-order valence-corrected chi connectivity index (χ2v) is 11.4. The standard InChI is InChI=1S/C31H29ClF3N3O5/c1-30(2,3)37-28(40)27(25-22-13-10-20(32)14-24(22)36-26(25)29(41)42)38(17-39)15-18-8-11-21(12-9-18)43-16-19-6-4-5-7-23(19)31(33,34)35/h4-14,17,27,36H,15-16H2,1-3H3,(H,37,40)(H,41,42). The van der Waals surface area contributed by atoms with E-state index >= 15 is 0 Å². The van der Waals surface area contributed by atoms with Gasteiger partial charge in [0.05, 0.1) is 5.56 Å². The molecule has 0 aliphatic rings. The molecule has 12 heteroatoms. The van der Waals surface area contributed by atoms with Gasteiger partial charge in [-0.15, -0.1) is 0 Å². The minimum Gasteiger partial charge on any atom is -0.489 e. The van der Waals surface area contributed by atoms with Crippen LogP contribution in [0.25, 0.3) is 10.9 Å². The number of aromatic nitrogens is 1. The van der Waals surface area contributed by atoms with E-state index in [9.17, 15) is 32.7 Å². The van der Waals surface area contributed by atoms with E-state index in [0.29, 0.717) is 33.6 Å². The van der Waals surface area contributed by atoms with Crippen LogP contribution in [0.5, 0.6) is 5.75 Å². The Balaban J connectivity index is 1.64. The Hall–Kier alpha value is -4.51. The molecule has 3 N–H and O–H groups in total. The topological polar surface area (TPSA) is 112 Å². The van der Waals surface area contributed by atoms with Crippen LogP contribution in [0.15, 0.2) is 66.7 Å². The zero-order valence-corrected chi connectivity index (χ0v) is 24.2. The molecule has 0 radical (unpaired) electrons. The minimum absolute atomic E-state index is 0.0202. The van der Waals surface area contributed by atoms with Gasteiger partial charge in [-0.05, 0) is 56.7 Å². The number of rotatable bonds is 10. The summed E-state index contributed by atoms with van der Waals surface area (Å²) in [5.74, 6) is -1.63. The summed E-state index contributed by atoms with van der Waals surface area (Å²) in [5.41, 5.74) is -0.734. The molecule has 8 nitrogen and oxygen atoms in total. The number of benzene rings is 3. The Kier molecular flexibility index (Phi) is 9.05. The number of aromatic amines is 1. The molecule has 3 aromatic carbocycles. The fourth-order valence-corrected chi connectivity index (χ4v) is 4.88. The summed E-state index contributed by atoms with van der Waals surface area (Å²) >= 11 is 6.11. The van der Waals surface area contributed by atoms with Crippen molar-refractivity contribution in [1.29, 1.82) is 0 Å². The summed E-state index contributed by atoms with van der Waals surface area (Å²) in [6.07, 6.45) is -4.05. The zero-order chi connectivity index (χ0) is 31.5. The Labute approximate surface area is 250 Å². The van der Waals surface area contributed by atoms with Crippen LogP contribution in [0.2, 0.25) is 5.02 Å². The molecule has 1 heterocycles. The molecular weight excluding hydrogens is 587 g/mol. The van der Waals surface area contributed by atoms with Gasteiger partial charge >= 0.3 is 12.1 Å². The van der Waals surface area contributed by atoms with Crippen molar-refractivity contribution in [3.63, 3.8) is 0 Å². The van der Waals surface area contributed by atoms with Crippen molar-refractivity contribution >= 4 is 40.8 Å². The fourth-order valence-electron chi connectivity index (χ4n) is 4.70. The van der Waals surface area contributed by atoms with Gasteiger partial charge in [-0.25, -0.2) is 4.79 Å². The predicted molar refractivity (Wildman–Crippen MR) is 155 cm³/mol. The van der Waals surface area contributed by atoms with Crippen molar-refractivity contribution in [2.45, 2.75) is 51.7 Å². The minimum atomic E-state index is -4.52. The molecule has 1 aromatic heterocycles. The quantitative estimate of drug-likeness (QED) is 0.171. The SMILES string of the molecule is CC(C)(C)NC(=O)C(c1c(C(=O)O)[nH]c2cc(Cl)ccc12)N(C=O)Cc1ccc(OCc2ccccc2C(F)(F)F)cc1. The van der Waals surface area contributed by atoms with Crippen molar-refractivity contribution in [3.05, 3.63) is 99.7 Å². The van der Waals surface area contributed by atoms with Crippen LogP contribution >= 0.6 is 11.6 Å². The highest BCUT2D eigenvalue weighted by Crippen LogP contribution is 2.35. The lowest BCUT2D eigenvalue weighted by atomic mass is 9.98. The number of H-pyrrole nitrogens is 1. The number of aromatic carboxylic acids is 1. The van der Waals surface area contributed by atoms with E-state index < -0.39 is 35.2 Å². The number of carboxylic acids is 1. The van der Waals surface area contributed by atoms with Crippen LogP contribution in [0.3, 0.4) is 0 Å². The van der Waals surface area contributed by atoms with E-state index in [1.165, 1.54) is 41.3 Å². The smallest absolute Gasteiger partial charge is 0.416 e. The Morgan fingerprint density at radius 3 is 2.35 bits per heavy atom. The number of carbonyl (C=O) groups excluding carboxylic acids is 2. The summed E-state index contributed by atoms with van der Waals surface area (Å²) in [6, 6.07) is 14.7. The molecule has 0 saturated carbocycles. The van der Waals surface area contributed by atoms with Gasteiger partial charge in [0.1, 0.15) is 24.1 Å². The van der Waals surface area contributed by atoms with Gasteiger partial charge in [-0.2, -0.15) is 13.2 Å². The molecular formula is C31H29ClF3N3O5. The highest BCUT2D eigenvalue weighted by Gasteiger charge is 2.36. The Morgan fingerprint density at radius 2 is 1.74 bits per heavy atom.